The second kappa shape index (κ2) is 6.43. The number of carbonyl (C=O) groups excluding carboxylic acids is 1. The standard InChI is InChI=1S/C22H20N4O/c27-22(25-18-11-15-5-1-2-6-16(15)12-18)17-8-9-19-20(13-17)26(14-24-19)21-7-3-4-10-23-21/h1-10,13,18,24H,11-12,14H2,(H,25,27). The molecule has 0 atom stereocenters. The van der Waals surface area contributed by atoms with Crippen LogP contribution in [0.1, 0.15) is 21.5 Å². The number of hydrogen-bond donors (Lipinski definition) is 2. The molecule has 3 aromatic rings. The number of amides is 1. The van der Waals surface area contributed by atoms with Crippen molar-refractivity contribution < 1.29 is 4.79 Å². The summed E-state index contributed by atoms with van der Waals surface area (Å²) in [5.41, 5.74) is 5.35. The second-order valence-corrected chi connectivity index (χ2v) is 7.03. The molecule has 2 aliphatic rings. The molecular weight excluding hydrogens is 336 g/mol. The molecule has 0 bridgehead atoms. The molecule has 27 heavy (non-hydrogen) atoms. The molecule has 0 saturated carbocycles. The number of aromatic nitrogens is 1. The van der Waals surface area contributed by atoms with Gasteiger partial charge in [-0.2, -0.15) is 0 Å². The molecule has 0 radical (unpaired) electrons. The van der Waals surface area contributed by atoms with Gasteiger partial charge in [0.25, 0.3) is 5.91 Å². The van der Waals surface area contributed by atoms with E-state index in [1.54, 1.807) is 6.20 Å². The lowest BCUT2D eigenvalue weighted by atomic mass is 10.1. The van der Waals surface area contributed by atoms with Crippen LogP contribution in [0.3, 0.4) is 0 Å². The summed E-state index contributed by atoms with van der Waals surface area (Å²) >= 11 is 0. The fraction of sp³-hybridized carbons (Fsp3) is 0.182. The molecule has 0 spiro atoms. The van der Waals surface area contributed by atoms with Crippen molar-refractivity contribution in [2.75, 3.05) is 16.9 Å². The fourth-order valence-corrected chi connectivity index (χ4v) is 3.94. The largest absolute Gasteiger partial charge is 0.366 e. The van der Waals surface area contributed by atoms with Crippen molar-refractivity contribution in [3.63, 3.8) is 0 Å². The van der Waals surface area contributed by atoms with Crippen LogP contribution in [-0.4, -0.2) is 23.6 Å². The molecule has 2 heterocycles. The van der Waals surface area contributed by atoms with Gasteiger partial charge >= 0.3 is 0 Å². The Labute approximate surface area is 158 Å². The van der Waals surface area contributed by atoms with Crippen LogP contribution in [0.5, 0.6) is 0 Å². The van der Waals surface area contributed by atoms with Crippen LogP contribution < -0.4 is 15.5 Å². The van der Waals surface area contributed by atoms with E-state index in [0.29, 0.717) is 12.2 Å². The Hall–Kier alpha value is -3.34. The SMILES string of the molecule is O=C(NC1Cc2ccccc2C1)c1ccc2c(c1)N(c1ccccn1)CN2. The summed E-state index contributed by atoms with van der Waals surface area (Å²) in [5.74, 6) is 0.844. The molecular formula is C22H20N4O. The van der Waals surface area contributed by atoms with Crippen molar-refractivity contribution in [2.24, 2.45) is 0 Å². The fourth-order valence-electron chi connectivity index (χ4n) is 3.94. The number of rotatable bonds is 3. The van der Waals surface area contributed by atoms with Gasteiger partial charge in [0.05, 0.1) is 18.0 Å². The highest BCUT2D eigenvalue weighted by atomic mass is 16.1. The predicted octanol–water partition coefficient (Wildman–Crippen LogP) is 3.50. The zero-order valence-corrected chi connectivity index (χ0v) is 14.9. The van der Waals surface area contributed by atoms with E-state index in [0.717, 1.165) is 30.0 Å². The Kier molecular flexibility index (Phi) is 3.78. The summed E-state index contributed by atoms with van der Waals surface area (Å²) in [6.07, 6.45) is 3.57. The van der Waals surface area contributed by atoms with Crippen molar-refractivity contribution in [2.45, 2.75) is 18.9 Å². The molecule has 5 rings (SSSR count). The van der Waals surface area contributed by atoms with Gasteiger partial charge in [-0.05, 0) is 54.3 Å². The number of nitrogens with zero attached hydrogens (tertiary/aromatic N) is 2. The average Bonchev–Trinajstić information content (AvgIpc) is 3.31. The van der Waals surface area contributed by atoms with Gasteiger partial charge in [-0.25, -0.2) is 4.98 Å². The van der Waals surface area contributed by atoms with Gasteiger partial charge in [0.15, 0.2) is 0 Å². The Morgan fingerprint density at radius 3 is 2.56 bits per heavy atom. The van der Waals surface area contributed by atoms with Gasteiger partial charge in [-0.3, -0.25) is 4.79 Å². The molecule has 5 nitrogen and oxygen atoms in total. The van der Waals surface area contributed by atoms with E-state index in [9.17, 15) is 4.79 Å². The molecule has 134 valence electrons. The average molecular weight is 356 g/mol. The third-order valence-corrected chi connectivity index (χ3v) is 5.29. The van der Waals surface area contributed by atoms with Gasteiger partial charge in [0.1, 0.15) is 5.82 Å². The molecule has 1 amide bonds. The molecule has 1 aliphatic heterocycles. The van der Waals surface area contributed by atoms with Crippen molar-refractivity contribution in [3.05, 3.63) is 83.6 Å². The Morgan fingerprint density at radius 1 is 1.04 bits per heavy atom. The minimum atomic E-state index is -0.0246. The molecule has 0 fully saturated rings. The highest BCUT2D eigenvalue weighted by Crippen LogP contribution is 2.36. The Balaban J connectivity index is 1.35. The molecule has 0 saturated heterocycles. The van der Waals surface area contributed by atoms with Crippen LogP contribution in [0.15, 0.2) is 66.9 Å². The maximum Gasteiger partial charge on any atom is 0.251 e. The van der Waals surface area contributed by atoms with Gasteiger partial charge in [0.2, 0.25) is 0 Å². The molecule has 2 N–H and O–H groups in total. The van der Waals surface area contributed by atoms with Crippen molar-refractivity contribution in [1.29, 1.82) is 0 Å². The zero-order valence-electron chi connectivity index (χ0n) is 14.9. The smallest absolute Gasteiger partial charge is 0.251 e. The molecule has 1 aromatic heterocycles. The van der Waals surface area contributed by atoms with E-state index in [-0.39, 0.29) is 11.9 Å². The monoisotopic (exact) mass is 356 g/mol. The minimum absolute atomic E-state index is 0.0246. The second-order valence-electron chi connectivity index (χ2n) is 7.03. The van der Waals surface area contributed by atoms with E-state index in [2.05, 4.69) is 44.8 Å². The lowest BCUT2D eigenvalue weighted by Crippen LogP contribution is -2.35. The summed E-state index contributed by atoms with van der Waals surface area (Å²) < 4.78 is 0. The van der Waals surface area contributed by atoms with Crippen molar-refractivity contribution >= 4 is 23.1 Å². The van der Waals surface area contributed by atoms with Crippen LogP contribution in [0.2, 0.25) is 0 Å². The quantitative estimate of drug-likeness (QED) is 0.754. The maximum absolute atomic E-state index is 12.8. The predicted molar refractivity (Wildman–Crippen MR) is 106 cm³/mol. The Morgan fingerprint density at radius 2 is 1.81 bits per heavy atom. The third kappa shape index (κ3) is 2.91. The lowest BCUT2D eigenvalue weighted by molar-refractivity contribution is 0.0938. The summed E-state index contributed by atoms with van der Waals surface area (Å²) in [4.78, 5) is 19.3. The minimum Gasteiger partial charge on any atom is -0.366 e. The number of anilines is 3. The summed E-state index contributed by atoms with van der Waals surface area (Å²) in [5, 5.41) is 6.55. The number of nitrogens with one attached hydrogen (secondary N) is 2. The first-order valence-electron chi connectivity index (χ1n) is 9.22. The first-order chi connectivity index (χ1) is 13.3. The lowest BCUT2D eigenvalue weighted by Gasteiger charge is -2.17. The number of hydrogen-bond acceptors (Lipinski definition) is 4. The third-order valence-electron chi connectivity index (χ3n) is 5.29. The van der Waals surface area contributed by atoms with Crippen molar-refractivity contribution in [3.8, 4) is 0 Å². The summed E-state index contributed by atoms with van der Waals surface area (Å²) in [6, 6.07) is 20.2. The van der Waals surface area contributed by atoms with Crippen LogP contribution >= 0.6 is 0 Å². The van der Waals surface area contributed by atoms with Crippen LogP contribution in [0.25, 0.3) is 0 Å². The number of fused-ring (bicyclic) bond motifs is 2. The van der Waals surface area contributed by atoms with Gasteiger partial charge in [0, 0.05) is 17.8 Å². The van der Waals surface area contributed by atoms with Crippen LogP contribution in [0.4, 0.5) is 17.2 Å². The highest BCUT2D eigenvalue weighted by Gasteiger charge is 2.25. The van der Waals surface area contributed by atoms with Gasteiger partial charge in [-0.1, -0.05) is 30.3 Å². The molecule has 0 unspecified atom stereocenters. The number of carbonyl (C=O) groups is 1. The van der Waals surface area contributed by atoms with E-state index in [1.165, 1.54) is 11.1 Å². The first-order valence-corrected chi connectivity index (χ1v) is 9.22. The highest BCUT2D eigenvalue weighted by molar-refractivity contribution is 5.97. The summed E-state index contributed by atoms with van der Waals surface area (Å²) in [7, 11) is 0. The van der Waals surface area contributed by atoms with Crippen LogP contribution in [0, 0.1) is 0 Å². The van der Waals surface area contributed by atoms with Gasteiger partial charge in [-0.15, -0.1) is 0 Å². The topological polar surface area (TPSA) is 57.3 Å². The van der Waals surface area contributed by atoms with E-state index in [1.807, 2.05) is 36.4 Å². The Bertz CT molecular complexity index is 977. The van der Waals surface area contributed by atoms with E-state index >= 15 is 0 Å². The first kappa shape index (κ1) is 15.9. The van der Waals surface area contributed by atoms with E-state index in [4.69, 9.17) is 0 Å². The van der Waals surface area contributed by atoms with Gasteiger partial charge < -0.3 is 15.5 Å². The van der Waals surface area contributed by atoms with Crippen molar-refractivity contribution in [1.82, 2.24) is 10.3 Å². The molecule has 1 aliphatic carbocycles. The maximum atomic E-state index is 12.8. The molecule has 2 aromatic carbocycles. The zero-order chi connectivity index (χ0) is 18.2. The van der Waals surface area contributed by atoms with Crippen LogP contribution in [-0.2, 0) is 12.8 Å². The number of pyridine rings is 1. The molecule has 5 heteroatoms. The normalized spacial score (nSPS) is 15.2. The number of benzene rings is 2. The van der Waals surface area contributed by atoms with E-state index < -0.39 is 0 Å². The summed E-state index contributed by atoms with van der Waals surface area (Å²) in [6.45, 7) is 0.648.